The molecule has 0 radical (unpaired) electrons. The van der Waals surface area contributed by atoms with Gasteiger partial charge in [-0.2, -0.15) is 0 Å². The molecular weight excluding hydrogens is 849 g/mol. The molecule has 1 aromatic heterocycles. The second-order valence-electron chi connectivity index (χ2n) is 14.7. The van der Waals surface area contributed by atoms with Crippen LogP contribution in [0.25, 0.3) is 0 Å². The predicted octanol–water partition coefficient (Wildman–Crippen LogP) is 4.91. The van der Waals surface area contributed by atoms with Gasteiger partial charge in [-0.25, -0.2) is 9.78 Å². The number of aromatic nitrogens is 1. The lowest BCUT2D eigenvalue weighted by molar-refractivity contribution is -0.188. The third-order valence-electron chi connectivity index (χ3n) is 10.6. The van der Waals surface area contributed by atoms with Crippen molar-refractivity contribution in [2.45, 2.75) is 56.1 Å². The third-order valence-corrected chi connectivity index (χ3v) is 13.3. The number of anilines is 1. The smallest absolute Gasteiger partial charge is 0.355 e. The van der Waals surface area contributed by atoms with Crippen LogP contribution in [0.5, 0.6) is 11.5 Å². The number of carbonyl (C=O) groups is 5. The molecule has 3 aliphatic heterocycles. The summed E-state index contributed by atoms with van der Waals surface area (Å²) in [6, 6.07) is 31.7. The number of ether oxygens (including phenoxy) is 2. The molecule has 8 rings (SSSR count). The van der Waals surface area contributed by atoms with Crippen molar-refractivity contribution in [2.75, 3.05) is 12.4 Å². The fourth-order valence-electron chi connectivity index (χ4n) is 7.78. The van der Waals surface area contributed by atoms with E-state index < -0.39 is 62.7 Å². The maximum absolute atomic E-state index is 13.9. The van der Waals surface area contributed by atoms with Crippen LogP contribution < -0.4 is 20.1 Å². The van der Waals surface area contributed by atoms with Crippen molar-refractivity contribution in [3.8, 4) is 11.5 Å². The lowest BCUT2D eigenvalue weighted by Gasteiger charge is -2.48. The van der Waals surface area contributed by atoms with E-state index in [2.05, 4.69) is 15.8 Å². The highest BCUT2D eigenvalue weighted by Gasteiger charge is 2.56. The molecule has 2 amide bonds. The van der Waals surface area contributed by atoms with E-state index in [1.165, 1.54) is 55.7 Å². The summed E-state index contributed by atoms with van der Waals surface area (Å²) < 4.78 is 24.3. The van der Waals surface area contributed by atoms with Gasteiger partial charge in [-0.15, -0.1) is 16.4 Å². The van der Waals surface area contributed by atoms with Crippen molar-refractivity contribution >= 4 is 62.7 Å². The summed E-state index contributed by atoms with van der Waals surface area (Å²) in [7, 11) is -0.582. The normalized spacial score (nSPS) is 19.4. The minimum Gasteiger partial charge on any atom is -0.423 e. The number of oxime groups is 1. The van der Waals surface area contributed by atoms with E-state index in [9.17, 15) is 28.2 Å². The number of hydrogen-bond acceptors (Lipinski definition) is 15. The summed E-state index contributed by atoms with van der Waals surface area (Å²) >= 11 is 1.25. The number of rotatable bonds is 13. The van der Waals surface area contributed by atoms with Crippen molar-refractivity contribution in [1.29, 1.82) is 0 Å². The van der Waals surface area contributed by atoms with Crippen molar-refractivity contribution in [2.24, 2.45) is 5.16 Å². The van der Waals surface area contributed by atoms with Crippen LogP contribution >= 0.6 is 11.3 Å². The molecule has 3 aliphatic rings. The van der Waals surface area contributed by atoms with Crippen LogP contribution in [-0.4, -0.2) is 78.4 Å². The Morgan fingerprint density at radius 1 is 0.841 bits per heavy atom. The number of esters is 2. The molecule has 4 atom stereocenters. The van der Waals surface area contributed by atoms with E-state index in [0.29, 0.717) is 16.3 Å². The Kier molecular flexibility index (Phi) is 12.0. The number of hydroxylamine groups is 2. The Morgan fingerprint density at radius 3 is 1.86 bits per heavy atom. The van der Waals surface area contributed by atoms with Gasteiger partial charge in [0.1, 0.15) is 29.8 Å². The standard InChI is InChI=1S/C45H40N6O10S2/c1-26-34(43(56)61-50-22-29-20-36(59-27(2)52)37(60-28(3)53)21-30(29)23-50)24-51-41(55)39(42(51)63(26)57)47-40(54)38(49-58-4)35-25-62-44(46-35)48-45(31-14-8-5-9-15-31,32-16-10-6-11-17-32)33-18-12-7-13-19-33/h5-21,24-26,39,42H,22-23H2,1-4H3,(H,46,48)(H,47,54)/t26?,39?,42-,63?/m1/s1. The fourth-order valence-corrected chi connectivity index (χ4v) is 10.2. The Hall–Kier alpha value is -7.02. The Bertz CT molecular complexity index is 2550. The first-order valence-corrected chi connectivity index (χ1v) is 21.8. The van der Waals surface area contributed by atoms with Crippen LogP contribution in [-0.2, 0) is 63.1 Å². The molecular formula is C45H40N6O10S2. The molecule has 3 unspecified atom stereocenters. The average Bonchev–Trinajstić information content (AvgIpc) is 3.91. The Labute approximate surface area is 367 Å². The first kappa shape index (κ1) is 42.7. The summed E-state index contributed by atoms with van der Waals surface area (Å²) in [5.74, 6) is -3.37. The number of nitrogens with zero attached hydrogens (tertiary/aromatic N) is 4. The maximum atomic E-state index is 13.9. The number of benzene rings is 4. The van der Waals surface area contributed by atoms with E-state index >= 15 is 0 Å². The number of carbonyl (C=O) groups excluding carboxylic acids is 5. The van der Waals surface area contributed by atoms with Crippen LogP contribution in [0.15, 0.2) is 125 Å². The van der Waals surface area contributed by atoms with Crippen LogP contribution in [0, 0.1) is 0 Å². The van der Waals surface area contributed by atoms with Gasteiger partial charge in [0.2, 0.25) is 0 Å². The molecule has 1 saturated heterocycles. The minimum atomic E-state index is -1.86. The molecule has 0 spiro atoms. The number of β-lactam (4-membered cyclic amide) rings is 1. The number of nitrogens with one attached hydrogen (secondary N) is 2. The number of fused-ring (bicyclic) bond motifs is 2. The summed E-state index contributed by atoms with van der Waals surface area (Å²) in [5.41, 5.74) is 3.21. The molecule has 5 aromatic rings. The number of hydrogen-bond donors (Lipinski definition) is 2. The Balaban J connectivity index is 0.974. The molecule has 0 aliphatic carbocycles. The predicted molar refractivity (Wildman–Crippen MR) is 231 cm³/mol. The van der Waals surface area contributed by atoms with E-state index in [1.807, 2.05) is 91.0 Å². The summed E-state index contributed by atoms with van der Waals surface area (Å²) in [6.07, 6.45) is 1.30. The zero-order valence-corrected chi connectivity index (χ0v) is 35.9. The van der Waals surface area contributed by atoms with Crippen molar-refractivity contribution < 1.29 is 47.3 Å². The SMILES string of the molecule is CON=C(C(=O)NC1C(=O)N2C=C(C(=O)ON3Cc4cc(OC(C)=O)c(OC(C)=O)cc4C3)C(C)S(=O)[C@H]12)c1csc(NC(c2ccccc2)(c2ccccc2)c2ccccc2)n1. The van der Waals surface area contributed by atoms with E-state index in [-0.39, 0.29) is 41.6 Å². The Morgan fingerprint density at radius 2 is 1.37 bits per heavy atom. The highest BCUT2D eigenvalue weighted by molar-refractivity contribution is 7.86. The third kappa shape index (κ3) is 8.35. The molecule has 16 nitrogen and oxygen atoms in total. The van der Waals surface area contributed by atoms with Crippen LogP contribution in [0.3, 0.4) is 0 Å². The van der Waals surface area contributed by atoms with Gasteiger partial charge in [0, 0.05) is 25.4 Å². The lowest BCUT2D eigenvalue weighted by Crippen LogP contribution is -2.73. The lowest BCUT2D eigenvalue weighted by atomic mass is 9.77. The van der Waals surface area contributed by atoms with E-state index in [1.54, 1.807) is 12.3 Å². The first-order chi connectivity index (χ1) is 30.4. The van der Waals surface area contributed by atoms with Crippen LogP contribution in [0.2, 0.25) is 0 Å². The minimum absolute atomic E-state index is 0.0124. The molecule has 4 heterocycles. The van der Waals surface area contributed by atoms with Gasteiger partial charge in [0.25, 0.3) is 11.8 Å². The molecule has 4 aromatic carbocycles. The summed E-state index contributed by atoms with van der Waals surface area (Å²) in [4.78, 5) is 81.0. The largest absolute Gasteiger partial charge is 0.423 e. The van der Waals surface area contributed by atoms with Gasteiger partial charge < -0.3 is 29.8 Å². The molecule has 1 fully saturated rings. The highest BCUT2D eigenvalue weighted by Crippen LogP contribution is 2.41. The van der Waals surface area contributed by atoms with E-state index in [0.717, 1.165) is 21.6 Å². The number of thiazole rings is 1. The highest BCUT2D eigenvalue weighted by atomic mass is 32.2. The molecule has 0 saturated carbocycles. The topological polar surface area (TPSA) is 195 Å². The van der Waals surface area contributed by atoms with Crippen molar-refractivity contribution in [3.05, 3.63) is 154 Å². The molecule has 2 N–H and O–H groups in total. The van der Waals surface area contributed by atoms with Crippen LogP contribution in [0.1, 0.15) is 54.3 Å². The molecule has 0 bridgehead atoms. The maximum Gasteiger partial charge on any atom is 0.355 e. The molecule has 18 heteroatoms. The van der Waals surface area contributed by atoms with Gasteiger partial charge in [-0.1, -0.05) is 96.2 Å². The second-order valence-corrected chi connectivity index (χ2v) is 17.4. The number of amides is 2. The van der Waals surface area contributed by atoms with Crippen molar-refractivity contribution in [1.82, 2.24) is 20.3 Å². The molecule has 322 valence electrons. The molecule has 63 heavy (non-hydrogen) atoms. The summed E-state index contributed by atoms with van der Waals surface area (Å²) in [6.45, 7) is 4.21. The second kappa shape index (κ2) is 17.8. The van der Waals surface area contributed by atoms with Crippen LogP contribution in [0.4, 0.5) is 5.13 Å². The first-order valence-electron chi connectivity index (χ1n) is 19.6. The van der Waals surface area contributed by atoms with Gasteiger partial charge >= 0.3 is 17.9 Å². The van der Waals surface area contributed by atoms with Gasteiger partial charge in [-0.05, 0) is 46.9 Å². The monoisotopic (exact) mass is 888 g/mol. The summed E-state index contributed by atoms with van der Waals surface area (Å²) in [5, 5.41) is 11.9. The zero-order chi connectivity index (χ0) is 44.4. The fraction of sp³-hybridized carbons (Fsp3) is 0.222. The zero-order valence-electron chi connectivity index (χ0n) is 34.3. The van der Waals surface area contributed by atoms with Gasteiger partial charge in [-0.3, -0.25) is 28.3 Å². The van der Waals surface area contributed by atoms with Gasteiger partial charge in [0.05, 0.1) is 34.7 Å². The average molecular weight is 889 g/mol. The van der Waals surface area contributed by atoms with E-state index in [4.69, 9.17) is 24.1 Å². The van der Waals surface area contributed by atoms with Crippen molar-refractivity contribution in [3.63, 3.8) is 0 Å². The quantitative estimate of drug-likeness (QED) is 0.0405. The van der Waals surface area contributed by atoms with Gasteiger partial charge in [0.15, 0.2) is 22.3 Å².